The van der Waals surface area contributed by atoms with E-state index in [9.17, 15) is 24.3 Å². The zero-order valence-corrected chi connectivity index (χ0v) is 38.1. The van der Waals surface area contributed by atoms with Crippen LogP contribution in [0.3, 0.4) is 0 Å². The number of β-lactam (4-membered cyclic amide) rings is 1. The molecule has 3 amide bonds. The largest absolute Gasteiger partial charge is 0.477 e. The third-order valence-corrected chi connectivity index (χ3v) is 14.5. The Labute approximate surface area is 382 Å². The summed E-state index contributed by atoms with van der Waals surface area (Å²) < 4.78 is 10.2. The number of fused-ring (bicyclic) bond motifs is 1. The number of rotatable bonds is 16. The summed E-state index contributed by atoms with van der Waals surface area (Å²) in [5.41, 5.74) is 5.63. The fourth-order valence-electron chi connectivity index (χ4n) is 6.47. The van der Waals surface area contributed by atoms with E-state index in [4.69, 9.17) is 26.9 Å². The SMILES string of the molecule is CC(C)(C)OC(=O)NCCSCc1nsc(SC2=C(C(=O)O)N3C(=O)[C@@H](NC(=O)/C(=N\OC(c4ccccc4)(c4ccccc4)c4ccccc4)c4nc(N)sc4Cl)[C@@H]3SC2)n1. The number of carboxylic acids is 1. The van der Waals surface area contributed by atoms with E-state index in [1.807, 2.05) is 91.0 Å². The maximum absolute atomic E-state index is 14.4. The van der Waals surface area contributed by atoms with Gasteiger partial charge >= 0.3 is 12.1 Å². The van der Waals surface area contributed by atoms with Gasteiger partial charge in [-0.25, -0.2) is 19.6 Å². The number of hydrogen-bond acceptors (Lipinski definition) is 16. The molecule has 1 saturated heterocycles. The zero-order chi connectivity index (χ0) is 44.0. The van der Waals surface area contributed by atoms with Crippen molar-refractivity contribution in [3.05, 3.63) is 134 Å². The van der Waals surface area contributed by atoms with E-state index in [-0.39, 0.29) is 32.3 Å². The number of oxime groups is 1. The molecule has 4 heterocycles. The van der Waals surface area contributed by atoms with Crippen LogP contribution < -0.4 is 16.4 Å². The number of aromatic nitrogens is 3. The van der Waals surface area contributed by atoms with E-state index in [2.05, 4.69) is 30.1 Å². The summed E-state index contributed by atoms with van der Waals surface area (Å²) in [7, 11) is 0. The van der Waals surface area contributed by atoms with E-state index in [1.165, 1.54) is 28.4 Å². The molecule has 0 bridgehead atoms. The number of hydrogen-bond donors (Lipinski definition) is 4. The molecule has 0 spiro atoms. The highest BCUT2D eigenvalue weighted by molar-refractivity contribution is 8.07. The van der Waals surface area contributed by atoms with Gasteiger partial charge in [0.2, 0.25) is 5.60 Å². The smallest absolute Gasteiger partial charge is 0.407 e. The number of carbonyl (C=O) groups excluding carboxylic acids is 3. The number of benzene rings is 3. The van der Waals surface area contributed by atoms with Crippen LogP contribution in [-0.4, -0.2) is 89.0 Å². The molecule has 3 aromatic carbocycles. The van der Waals surface area contributed by atoms with Gasteiger partial charge in [-0.3, -0.25) is 14.5 Å². The Morgan fingerprint density at radius 1 is 0.984 bits per heavy atom. The lowest BCUT2D eigenvalue weighted by Gasteiger charge is -2.49. The topological polar surface area (TPSA) is 211 Å². The molecule has 0 aliphatic carbocycles. The molecule has 5 aromatic rings. The minimum atomic E-state index is -1.37. The lowest BCUT2D eigenvalue weighted by atomic mass is 9.80. The molecule has 1 fully saturated rings. The minimum absolute atomic E-state index is 0.0493. The summed E-state index contributed by atoms with van der Waals surface area (Å²) in [6.45, 7) is 5.78. The number of thioether (sulfide) groups is 3. The highest BCUT2D eigenvalue weighted by atomic mass is 35.5. The maximum atomic E-state index is 14.4. The number of thiazole rings is 1. The van der Waals surface area contributed by atoms with Crippen molar-refractivity contribution in [1.29, 1.82) is 0 Å². The normalized spacial score (nSPS) is 16.6. The Morgan fingerprint density at radius 2 is 1.60 bits per heavy atom. The van der Waals surface area contributed by atoms with Gasteiger partial charge in [0.1, 0.15) is 32.7 Å². The lowest BCUT2D eigenvalue weighted by Crippen LogP contribution is -2.71. The van der Waals surface area contributed by atoms with Crippen LogP contribution >= 0.6 is 69.8 Å². The number of nitrogens with two attached hydrogens (primary N) is 1. The quantitative estimate of drug-likeness (QED) is 0.0254. The molecule has 322 valence electrons. The number of anilines is 1. The standard InChI is InChI=1S/C41H39ClN8O7S5/c1-40(2,3)56-38(55)44-19-20-58-22-27-45-39(62-49-27)60-26-21-59-35-30(34(52)50(35)31(26)36(53)54)46-33(51)29(28-32(42)61-37(43)47-28)48-57-41(23-13-7-4-8-14-23,24-15-9-5-10-16-24)25-17-11-6-12-18-25/h4-18,30,35H,19-22H2,1-3H3,(H2,43,47)(H,44,55)(H,46,51)(H,53,54)/b48-29-/t30-,35+/m1/s1. The molecule has 15 nitrogen and oxygen atoms in total. The van der Waals surface area contributed by atoms with Crippen LogP contribution in [0.5, 0.6) is 0 Å². The second-order valence-electron chi connectivity index (χ2n) is 14.5. The Bertz CT molecular complexity index is 2400. The highest BCUT2D eigenvalue weighted by Crippen LogP contribution is 2.46. The van der Waals surface area contributed by atoms with Gasteiger partial charge in [0.25, 0.3) is 11.8 Å². The van der Waals surface area contributed by atoms with Gasteiger partial charge in [0, 0.05) is 39.6 Å². The number of nitrogen functional groups attached to an aromatic ring is 1. The minimum Gasteiger partial charge on any atom is -0.477 e. The molecule has 0 unspecified atom stereocenters. The van der Waals surface area contributed by atoms with Gasteiger partial charge in [0.15, 0.2) is 21.0 Å². The summed E-state index contributed by atoms with van der Waals surface area (Å²) in [5.74, 6) is -0.910. The number of halogens is 1. The van der Waals surface area contributed by atoms with Crippen LogP contribution in [0.4, 0.5) is 9.93 Å². The van der Waals surface area contributed by atoms with E-state index < -0.39 is 46.5 Å². The number of aliphatic carboxylic acids is 1. The molecular formula is C41H39ClN8O7S5. The molecule has 21 heteroatoms. The van der Waals surface area contributed by atoms with Crippen LogP contribution in [0.1, 0.15) is 49.0 Å². The third-order valence-electron chi connectivity index (χ3n) is 9.08. The molecular weight excluding hydrogens is 912 g/mol. The highest BCUT2D eigenvalue weighted by Gasteiger charge is 2.55. The summed E-state index contributed by atoms with van der Waals surface area (Å²) >= 11 is 12.6. The van der Waals surface area contributed by atoms with Crippen molar-refractivity contribution in [2.75, 3.05) is 23.8 Å². The van der Waals surface area contributed by atoms with Crippen molar-refractivity contribution in [2.24, 2.45) is 5.16 Å². The molecule has 2 aliphatic heterocycles. The monoisotopic (exact) mass is 950 g/mol. The zero-order valence-electron chi connectivity index (χ0n) is 33.3. The molecule has 62 heavy (non-hydrogen) atoms. The fourth-order valence-corrected chi connectivity index (χ4v) is 11.5. The predicted molar refractivity (Wildman–Crippen MR) is 244 cm³/mol. The Balaban J connectivity index is 1.09. The van der Waals surface area contributed by atoms with Crippen molar-refractivity contribution >= 4 is 104 Å². The molecule has 2 aliphatic rings. The summed E-state index contributed by atoms with van der Waals surface area (Å²) in [6, 6.07) is 27.1. The van der Waals surface area contributed by atoms with Crippen LogP contribution in [-0.2, 0) is 35.3 Å². The Hall–Kier alpha value is -5.12. The lowest BCUT2D eigenvalue weighted by molar-refractivity contribution is -0.150. The molecule has 0 saturated carbocycles. The number of alkyl carbamates (subject to hydrolysis) is 1. The van der Waals surface area contributed by atoms with Gasteiger partial charge in [-0.05, 0) is 32.3 Å². The van der Waals surface area contributed by atoms with Gasteiger partial charge in [-0.15, -0.1) is 11.8 Å². The van der Waals surface area contributed by atoms with Crippen LogP contribution in [0.15, 0.2) is 111 Å². The summed E-state index contributed by atoms with van der Waals surface area (Å²) in [4.78, 5) is 69.8. The van der Waals surface area contributed by atoms with Crippen LogP contribution in [0, 0.1) is 0 Å². The van der Waals surface area contributed by atoms with E-state index in [0.29, 0.717) is 49.8 Å². The number of carboxylic acid groups (broad SMARTS) is 1. The average molecular weight is 952 g/mol. The molecule has 2 aromatic heterocycles. The van der Waals surface area contributed by atoms with E-state index >= 15 is 0 Å². The van der Waals surface area contributed by atoms with Gasteiger partial charge < -0.3 is 31.0 Å². The van der Waals surface area contributed by atoms with Crippen LogP contribution in [0.2, 0.25) is 4.34 Å². The second kappa shape index (κ2) is 19.5. The first-order valence-electron chi connectivity index (χ1n) is 18.9. The van der Waals surface area contributed by atoms with Crippen molar-refractivity contribution < 1.29 is 33.9 Å². The molecule has 2 atom stereocenters. The van der Waals surface area contributed by atoms with E-state index in [0.717, 1.165) is 34.6 Å². The number of carbonyl (C=O) groups is 4. The molecule has 0 radical (unpaired) electrons. The first-order valence-corrected chi connectivity index (χ1v) is 23.9. The van der Waals surface area contributed by atoms with Gasteiger partial charge in [-0.2, -0.15) is 16.1 Å². The summed E-state index contributed by atoms with van der Waals surface area (Å²) in [5, 5.41) is 19.7. The van der Waals surface area contributed by atoms with E-state index in [1.54, 1.807) is 20.8 Å². The maximum Gasteiger partial charge on any atom is 0.407 e. The average Bonchev–Trinajstić information content (AvgIpc) is 3.85. The van der Waals surface area contributed by atoms with Crippen molar-refractivity contribution in [1.82, 2.24) is 29.9 Å². The predicted octanol–water partition coefficient (Wildman–Crippen LogP) is 7.19. The Morgan fingerprint density at radius 3 is 2.15 bits per heavy atom. The number of ether oxygens (including phenoxy) is 1. The van der Waals surface area contributed by atoms with Gasteiger partial charge in [-0.1, -0.05) is 131 Å². The first-order chi connectivity index (χ1) is 29.7. The number of nitrogens with zero attached hydrogens (tertiary/aromatic N) is 5. The first kappa shape index (κ1) is 44.9. The Kier molecular flexibility index (Phi) is 14.1. The fraction of sp³-hybridized carbons (Fsp3) is 0.268. The van der Waals surface area contributed by atoms with Crippen molar-refractivity contribution in [3.63, 3.8) is 0 Å². The van der Waals surface area contributed by atoms with Crippen molar-refractivity contribution in [3.8, 4) is 0 Å². The molecule has 5 N–H and O–H groups in total. The van der Waals surface area contributed by atoms with Crippen molar-refractivity contribution in [2.45, 2.75) is 53.5 Å². The molecule has 7 rings (SSSR count). The second-order valence-corrected chi connectivity index (χ2v) is 20.4. The summed E-state index contributed by atoms with van der Waals surface area (Å²) in [6.07, 6.45) is -0.490. The number of amides is 3. The van der Waals surface area contributed by atoms with Crippen LogP contribution in [0.25, 0.3) is 0 Å². The third kappa shape index (κ3) is 10.1. The van der Waals surface area contributed by atoms with Gasteiger partial charge in [0.05, 0.1) is 5.75 Å². The number of nitrogens with one attached hydrogen (secondary N) is 2.